The minimum Gasteiger partial charge on any atom is -0.481 e. The molecule has 0 unspecified atom stereocenters. The van der Waals surface area contributed by atoms with Crippen molar-refractivity contribution in [3.05, 3.63) is 88.9 Å². The number of nitrogens with zero attached hydrogens (tertiary/aromatic N) is 3. The SMILES string of the molecule is O=C(O)C[C@H]1CC[C@H](c2ccc(NC(=O)c3nnc(Nc4ccc(OCc5cccc(Cl)c5)nc4)o3)cc2)CC1. The average molecular weight is 562 g/mol. The monoisotopic (exact) mass is 561 g/mol. The molecule has 0 radical (unpaired) electrons. The van der Waals surface area contributed by atoms with Crippen molar-refractivity contribution in [3.63, 3.8) is 0 Å². The van der Waals surface area contributed by atoms with E-state index in [4.69, 9.17) is 25.9 Å². The Hall–Kier alpha value is -4.44. The Labute approximate surface area is 235 Å². The number of pyridine rings is 1. The quantitative estimate of drug-likeness (QED) is 0.199. The largest absolute Gasteiger partial charge is 0.481 e. The van der Waals surface area contributed by atoms with E-state index in [1.165, 1.54) is 5.56 Å². The van der Waals surface area contributed by atoms with Crippen LogP contribution in [-0.2, 0) is 11.4 Å². The van der Waals surface area contributed by atoms with Gasteiger partial charge in [-0.05, 0) is 79.0 Å². The lowest BCUT2D eigenvalue weighted by atomic mass is 9.77. The molecule has 1 amide bonds. The standard InChI is InChI=1S/C29H28ClN5O5/c30-22-3-1-2-19(14-22)17-39-25-13-12-24(16-31-25)33-29-35-34-28(40-29)27(38)32-23-10-8-21(9-11-23)20-6-4-18(5-7-20)15-26(36)37/h1-3,8-14,16,18,20H,4-7,15,17H2,(H,32,38)(H,33,35)(H,36,37)/t18-,20-. The van der Waals surface area contributed by atoms with Crippen LogP contribution in [0.2, 0.25) is 5.02 Å². The summed E-state index contributed by atoms with van der Waals surface area (Å²) in [6, 6.07) is 18.6. The number of carboxylic acids is 1. The summed E-state index contributed by atoms with van der Waals surface area (Å²) in [4.78, 5) is 27.8. The fraction of sp³-hybridized carbons (Fsp3) is 0.276. The van der Waals surface area contributed by atoms with Gasteiger partial charge in [-0.3, -0.25) is 9.59 Å². The zero-order chi connectivity index (χ0) is 27.9. The smallest absolute Gasteiger partial charge is 0.320 e. The van der Waals surface area contributed by atoms with Crippen molar-refractivity contribution < 1.29 is 23.8 Å². The van der Waals surface area contributed by atoms with E-state index in [-0.39, 0.29) is 24.2 Å². The number of carbonyl (C=O) groups is 2. The highest BCUT2D eigenvalue weighted by molar-refractivity contribution is 6.30. The Kier molecular flexibility index (Phi) is 8.56. The second-order valence-electron chi connectivity index (χ2n) is 9.73. The van der Waals surface area contributed by atoms with E-state index in [0.29, 0.717) is 34.8 Å². The number of anilines is 3. The third kappa shape index (κ3) is 7.35. The first-order chi connectivity index (χ1) is 19.4. The summed E-state index contributed by atoms with van der Waals surface area (Å²) in [6.45, 7) is 0.334. The zero-order valence-corrected chi connectivity index (χ0v) is 22.3. The molecule has 206 valence electrons. The summed E-state index contributed by atoms with van der Waals surface area (Å²) in [5.41, 5.74) is 3.31. The van der Waals surface area contributed by atoms with Gasteiger partial charge in [0.05, 0.1) is 11.9 Å². The van der Waals surface area contributed by atoms with Crippen molar-refractivity contribution in [1.29, 1.82) is 0 Å². The summed E-state index contributed by atoms with van der Waals surface area (Å²) in [7, 11) is 0. The van der Waals surface area contributed by atoms with Gasteiger partial charge in [0, 0.05) is 23.2 Å². The van der Waals surface area contributed by atoms with E-state index in [2.05, 4.69) is 25.8 Å². The van der Waals surface area contributed by atoms with Crippen molar-refractivity contribution >= 4 is 40.9 Å². The van der Waals surface area contributed by atoms with Crippen LogP contribution < -0.4 is 15.4 Å². The van der Waals surface area contributed by atoms with E-state index in [1.54, 1.807) is 24.4 Å². The number of aliphatic carboxylic acids is 1. The average Bonchev–Trinajstić information content (AvgIpc) is 3.42. The third-order valence-corrected chi connectivity index (χ3v) is 7.07. The molecule has 40 heavy (non-hydrogen) atoms. The Morgan fingerprint density at radius 1 is 1.00 bits per heavy atom. The van der Waals surface area contributed by atoms with Gasteiger partial charge in [0.15, 0.2) is 0 Å². The second-order valence-corrected chi connectivity index (χ2v) is 10.2. The van der Waals surface area contributed by atoms with E-state index in [9.17, 15) is 9.59 Å². The predicted molar refractivity (Wildman–Crippen MR) is 149 cm³/mol. The highest BCUT2D eigenvalue weighted by Crippen LogP contribution is 2.37. The minimum atomic E-state index is -0.727. The van der Waals surface area contributed by atoms with Crippen LogP contribution in [0.15, 0.2) is 71.3 Å². The van der Waals surface area contributed by atoms with Gasteiger partial charge >= 0.3 is 23.8 Å². The van der Waals surface area contributed by atoms with Gasteiger partial charge in [0.1, 0.15) is 6.61 Å². The van der Waals surface area contributed by atoms with E-state index >= 15 is 0 Å². The molecule has 1 saturated carbocycles. The Morgan fingerprint density at radius 2 is 1.77 bits per heavy atom. The number of amides is 1. The van der Waals surface area contributed by atoms with Crippen molar-refractivity contribution in [1.82, 2.24) is 15.2 Å². The molecule has 11 heteroatoms. The molecule has 2 heterocycles. The van der Waals surface area contributed by atoms with Gasteiger partial charge in [0.25, 0.3) is 0 Å². The summed E-state index contributed by atoms with van der Waals surface area (Å²) in [6.07, 6.45) is 5.57. The molecule has 3 N–H and O–H groups in total. The molecule has 0 aliphatic heterocycles. The maximum atomic E-state index is 12.6. The maximum Gasteiger partial charge on any atom is 0.320 e. The molecule has 0 saturated heterocycles. The van der Waals surface area contributed by atoms with Crippen LogP contribution in [0, 0.1) is 5.92 Å². The van der Waals surface area contributed by atoms with Crippen LogP contribution in [0.4, 0.5) is 17.4 Å². The summed E-state index contributed by atoms with van der Waals surface area (Å²) < 4.78 is 11.1. The van der Waals surface area contributed by atoms with Gasteiger partial charge in [-0.15, -0.1) is 5.10 Å². The first kappa shape index (κ1) is 27.1. The Balaban J connectivity index is 1.10. The van der Waals surface area contributed by atoms with E-state index in [1.807, 2.05) is 42.5 Å². The lowest BCUT2D eigenvalue weighted by Gasteiger charge is -2.28. The number of carbonyl (C=O) groups excluding carboxylic acids is 1. The molecule has 2 aromatic carbocycles. The number of benzene rings is 2. The molecule has 4 aromatic rings. The number of rotatable bonds is 10. The molecule has 1 aliphatic rings. The molecule has 5 rings (SSSR count). The first-order valence-electron chi connectivity index (χ1n) is 13.0. The van der Waals surface area contributed by atoms with Gasteiger partial charge in [0.2, 0.25) is 5.88 Å². The molecule has 0 bridgehead atoms. The fourth-order valence-electron chi connectivity index (χ4n) is 4.78. The maximum absolute atomic E-state index is 12.6. The van der Waals surface area contributed by atoms with Crippen molar-refractivity contribution in [2.75, 3.05) is 10.6 Å². The second kappa shape index (κ2) is 12.6. The van der Waals surface area contributed by atoms with Crippen LogP contribution in [0.25, 0.3) is 0 Å². The van der Waals surface area contributed by atoms with Gasteiger partial charge in [-0.2, -0.15) is 0 Å². The van der Waals surface area contributed by atoms with E-state index < -0.39 is 11.9 Å². The number of halogens is 1. The van der Waals surface area contributed by atoms with Crippen molar-refractivity contribution in [3.8, 4) is 5.88 Å². The first-order valence-corrected chi connectivity index (χ1v) is 13.4. The summed E-state index contributed by atoms with van der Waals surface area (Å²) in [5.74, 6) is -0.333. The number of aromatic nitrogens is 3. The summed E-state index contributed by atoms with van der Waals surface area (Å²) >= 11 is 6.00. The highest BCUT2D eigenvalue weighted by atomic mass is 35.5. The molecule has 10 nitrogen and oxygen atoms in total. The number of carboxylic acid groups (broad SMARTS) is 1. The minimum absolute atomic E-state index is 0.0494. The molecule has 0 spiro atoms. The number of hydrogen-bond acceptors (Lipinski definition) is 8. The van der Waals surface area contributed by atoms with Crippen LogP contribution in [0.1, 0.15) is 59.8 Å². The van der Waals surface area contributed by atoms with E-state index in [0.717, 1.165) is 31.2 Å². The molecular formula is C29H28ClN5O5. The normalized spacial score (nSPS) is 16.7. The molecular weight excluding hydrogens is 534 g/mol. The number of nitrogens with one attached hydrogen (secondary N) is 2. The van der Waals surface area contributed by atoms with Crippen LogP contribution in [-0.4, -0.2) is 32.2 Å². The number of hydrogen-bond donors (Lipinski definition) is 3. The van der Waals surface area contributed by atoms with Crippen LogP contribution in [0.5, 0.6) is 5.88 Å². The fourth-order valence-corrected chi connectivity index (χ4v) is 5.00. The van der Waals surface area contributed by atoms with Gasteiger partial charge in [-0.25, -0.2) is 4.98 Å². The topological polar surface area (TPSA) is 139 Å². The predicted octanol–water partition coefficient (Wildman–Crippen LogP) is 6.44. The third-order valence-electron chi connectivity index (χ3n) is 6.83. The Bertz CT molecular complexity index is 1450. The van der Waals surface area contributed by atoms with Gasteiger partial charge in [-0.1, -0.05) is 41.0 Å². The van der Waals surface area contributed by atoms with Gasteiger partial charge < -0.3 is 24.9 Å². The van der Waals surface area contributed by atoms with Crippen molar-refractivity contribution in [2.45, 2.75) is 44.6 Å². The van der Waals surface area contributed by atoms with Crippen LogP contribution in [0.3, 0.4) is 0 Å². The molecule has 2 aromatic heterocycles. The lowest BCUT2D eigenvalue weighted by molar-refractivity contribution is -0.138. The lowest BCUT2D eigenvalue weighted by Crippen LogP contribution is -2.16. The summed E-state index contributed by atoms with van der Waals surface area (Å²) in [5, 5.41) is 23.0. The molecule has 1 aliphatic carbocycles. The molecule has 0 atom stereocenters. The number of ether oxygens (including phenoxy) is 1. The zero-order valence-electron chi connectivity index (χ0n) is 21.5. The Morgan fingerprint density at radius 3 is 2.48 bits per heavy atom. The highest BCUT2D eigenvalue weighted by Gasteiger charge is 2.24. The molecule has 1 fully saturated rings. The van der Waals surface area contributed by atoms with Crippen LogP contribution >= 0.6 is 11.6 Å². The van der Waals surface area contributed by atoms with Crippen molar-refractivity contribution in [2.24, 2.45) is 5.92 Å².